The molecular formula is C22H19F3N6O2. The molecule has 0 fully saturated rings. The van der Waals surface area contributed by atoms with Crippen LogP contribution in [0.25, 0.3) is 10.9 Å². The third kappa shape index (κ3) is 5.82. The summed E-state index contributed by atoms with van der Waals surface area (Å²) in [6, 6.07) is 8.76. The fraction of sp³-hybridized carbons (Fsp3) is 0.227. The van der Waals surface area contributed by atoms with E-state index in [4.69, 9.17) is 4.74 Å². The SMILES string of the molecule is Cc1cc(Cn2cc3c(NC(=O)Cc4ccccn4)nccc3n2)cnc1OCC(F)(F)F. The van der Waals surface area contributed by atoms with E-state index in [1.54, 1.807) is 54.5 Å². The second-order valence-corrected chi connectivity index (χ2v) is 7.33. The van der Waals surface area contributed by atoms with Crippen molar-refractivity contribution < 1.29 is 22.7 Å². The first-order valence-electron chi connectivity index (χ1n) is 9.94. The zero-order chi connectivity index (χ0) is 23.4. The summed E-state index contributed by atoms with van der Waals surface area (Å²) in [7, 11) is 0. The zero-order valence-corrected chi connectivity index (χ0v) is 17.5. The van der Waals surface area contributed by atoms with Crippen LogP contribution in [0.2, 0.25) is 0 Å². The van der Waals surface area contributed by atoms with E-state index in [1.165, 1.54) is 6.20 Å². The molecule has 1 amide bonds. The summed E-state index contributed by atoms with van der Waals surface area (Å²) in [5.74, 6) is 0.0596. The minimum absolute atomic E-state index is 0.0659. The lowest BCUT2D eigenvalue weighted by Crippen LogP contribution is -2.20. The first-order chi connectivity index (χ1) is 15.8. The first-order valence-corrected chi connectivity index (χ1v) is 9.94. The number of carbonyl (C=O) groups is 1. The average Bonchev–Trinajstić information content (AvgIpc) is 3.16. The molecule has 0 bridgehead atoms. The van der Waals surface area contributed by atoms with Crippen molar-refractivity contribution in [1.82, 2.24) is 24.7 Å². The number of hydrogen-bond donors (Lipinski definition) is 1. The Kier molecular flexibility index (Phi) is 6.20. The molecule has 4 rings (SSSR count). The van der Waals surface area contributed by atoms with Gasteiger partial charge in [-0.25, -0.2) is 9.97 Å². The van der Waals surface area contributed by atoms with Crippen LogP contribution in [0.5, 0.6) is 5.88 Å². The van der Waals surface area contributed by atoms with Gasteiger partial charge in [0.05, 0.1) is 23.9 Å². The van der Waals surface area contributed by atoms with Gasteiger partial charge in [0, 0.05) is 36.0 Å². The van der Waals surface area contributed by atoms with Gasteiger partial charge in [-0.1, -0.05) is 6.07 Å². The topological polar surface area (TPSA) is 94.8 Å². The van der Waals surface area contributed by atoms with E-state index in [0.29, 0.717) is 34.5 Å². The van der Waals surface area contributed by atoms with Gasteiger partial charge in [0.25, 0.3) is 0 Å². The lowest BCUT2D eigenvalue weighted by atomic mass is 10.2. The highest BCUT2D eigenvalue weighted by atomic mass is 19.4. The summed E-state index contributed by atoms with van der Waals surface area (Å²) in [6.45, 7) is 0.552. The molecule has 0 aromatic carbocycles. The summed E-state index contributed by atoms with van der Waals surface area (Å²) >= 11 is 0. The third-order valence-corrected chi connectivity index (χ3v) is 4.61. The van der Waals surface area contributed by atoms with Gasteiger partial charge in [0.2, 0.25) is 11.8 Å². The van der Waals surface area contributed by atoms with Crippen LogP contribution in [-0.2, 0) is 17.8 Å². The predicted molar refractivity (Wildman–Crippen MR) is 114 cm³/mol. The molecular weight excluding hydrogens is 437 g/mol. The summed E-state index contributed by atoms with van der Waals surface area (Å²) in [5.41, 5.74) is 2.49. The number of fused-ring (bicyclic) bond motifs is 1. The maximum absolute atomic E-state index is 12.4. The molecule has 0 atom stereocenters. The number of nitrogens with one attached hydrogen (secondary N) is 1. The summed E-state index contributed by atoms with van der Waals surface area (Å²) in [6.07, 6.45) is 2.04. The van der Waals surface area contributed by atoms with Crippen LogP contribution in [0.1, 0.15) is 16.8 Å². The zero-order valence-electron chi connectivity index (χ0n) is 17.5. The number of carbonyl (C=O) groups excluding carboxylic acids is 1. The molecule has 0 radical (unpaired) electrons. The van der Waals surface area contributed by atoms with Crippen molar-refractivity contribution in [3.63, 3.8) is 0 Å². The van der Waals surface area contributed by atoms with E-state index < -0.39 is 12.8 Å². The Labute approximate surface area is 186 Å². The fourth-order valence-corrected chi connectivity index (χ4v) is 3.21. The van der Waals surface area contributed by atoms with E-state index in [9.17, 15) is 18.0 Å². The Balaban J connectivity index is 1.47. The van der Waals surface area contributed by atoms with Crippen LogP contribution in [0.3, 0.4) is 0 Å². The van der Waals surface area contributed by atoms with E-state index in [-0.39, 0.29) is 18.2 Å². The van der Waals surface area contributed by atoms with E-state index in [0.717, 1.165) is 5.56 Å². The van der Waals surface area contributed by atoms with Gasteiger partial charge in [0.15, 0.2) is 6.61 Å². The molecule has 4 aromatic rings. The highest BCUT2D eigenvalue weighted by Crippen LogP contribution is 2.23. The van der Waals surface area contributed by atoms with Crippen molar-refractivity contribution >= 4 is 22.6 Å². The number of nitrogens with zero attached hydrogens (tertiary/aromatic N) is 5. The van der Waals surface area contributed by atoms with Crippen LogP contribution < -0.4 is 10.1 Å². The number of alkyl halides is 3. The number of anilines is 1. The Hall–Kier alpha value is -4.02. The molecule has 4 aromatic heterocycles. The predicted octanol–water partition coefficient (Wildman–Crippen LogP) is 3.70. The van der Waals surface area contributed by atoms with Gasteiger partial charge in [-0.2, -0.15) is 18.3 Å². The van der Waals surface area contributed by atoms with Crippen molar-refractivity contribution in [3.05, 3.63) is 71.9 Å². The lowest BCUT2D eigenvalue weighted by molar-refractivity contribution is -0.154. The molecule has 0 aliphatic carbocycles. The van der Waals surface area contributed by atoms with Gasteiger partial charge < -0.3 is 10.1 Å². The van der Waals surface area contributed by atoms with Gasteiger partial charge in [-0.3, -0.25) is 14.5 Å². The molecule has 0 saturated heterocycles. The van der Waals surface area contributed by atoms with E-state index in [1.807, 2.05) is 6.07 Å². The Morgan fingerprint density at radius 2 is 2.00 bits per heavy atom. The minimum atomic E-state index is -4.43. The van der Waals surface area contributed by atoms with Gasteiger partial charge in [-0.05, 0) is 36.8 Å². The van der Waals surface area contributed by atoms with Gasteiger partial charge >= 0.3 is 6.18 Å². The average molecular weight is 456 g/mol. The van der Waals surface area contributed by atoms with Crippen LogP contribution in [0, 0.1) is 6.92 Å². The highest BCUT2D eigenvalue weighted by Gasteiger charge is 2.29. The van der Waals surface area contributed by atoms with Crippen molar-refractivity contribution in [2.45, 2.75) is 26.1 Å². The number of rotatable bonds is 7. The Morgan fingerprint density at radius 3 is 2.73 bits per heavy atom. The molecule has 1 N–H and O–H groups in total. The summed E-state index contributed by atoms with van der Waals surface area (Å²) < 4.78 is 43.5. The second-order valence-electron chi connectivity index (χ2n) is 7.33. The number of aryl methyl sites for hydroxylation is 1. The minimum Gasteiger partial charge on any atom is -0.468 e. The molecule has 33 heavy (non-hydrogen) atoms. The standard InChI is InChI=1S/C22H19F3N6O2/c1-14-8-15(10-28-21(14)33-13-22(23,24)25)11-31-12-17-18(30-31)5-7-27-20(17)29-19(32)9-16-4-2-3-6-26-16/h2-8,10,12H,9,11,13H2,1H3,(H,27,29,32). The largest absolute Gasteiger partial charge is 0.468 e. The first kappa shape index (κ1) is 22.2. The van der Waals surface area contributed by atoms with Crippen LogP contribution in [0.15, 0.2) is 55.1 Å². The summed E-state index contributed by atoms with van der Waals surface area (Å²) in [5, 5.41) is 7.93. The Morgan fingerprint density at radius 1 is 1.15 bits per heavy atom. The lowest BCUT2D eigenvalue weighted by Gasteiger charge is -2.11. The Bertz CT molecular complexity index is 1270. The van der Waals surface area contributed by atoms with Crippen molar-refractivity contribution in [3.8, 4) is 5.88 Å². The van der Waals surface area contributed by atoms with Crippen LogP contribution >= 0.6 is 0 Å². The molecule has 8 nitrogen and oxygen atoms in total. The van der Waals surface area contributed by atoms with E-state index >= 15 is 0 Å². The number of halogens is 3. The second kappa shape index (κ2) is 9.23. The fourth-order valence-electron chi connectivity index (χ4n) is 3.21. The molecule has 0 unspecified atom stereocenters. The summed E-state index contributed by atoms with van der Waals surface area (Å²) in [4.78, 5) is 24.8. The van der Waals surface area contributed by atoms with Crippen molar-refractivity contribution in [2.75, 3.05) is 11.9 Å². The van der Waals surface area contributed by atoms with Crippen LogP contribution in [0.4, 0.5) is 19.0 Å². The highest BCUT2D eigenvalue weighted by molar-refractivity contribution is 5.99. The maximum atomic E-state index is 12.4. The van der Waals surface area contributed by atoms with Gasteiger partial charge in [-0.15, -0.1) is 0 Å². The quantitative estimate of drug-likeness (QED) is 0.456. The number of aromatic nitrogens is 5. The number of ether oxygens (including phenoxy) is 1. The molecule has 0 aliphatic heterocycles. The van der Waals surface area contributed by atoms with Crippen molar-refractivity contribution in [1.29, 1.82) is 0 Å². The number of hydrogen-bond acceptors (Lipinski definition) is 6. The third-order valence-electron chi connectivity index (χ3n) is 4.61. The van der Waals surface area contributed by atoms with E-state index in [2.05, 4.69) is 25.4 Å². The maximum Gasteiger partial charge on any atom is 0.422 e. The smallest absolute Gasteiger partial charge is 0.422 e. The number of pyridine rings is 3. The normalized spacial score (nSPS) is 11.5. The molecule has 0 aliphatic rings. The molecule has 0 spiro atoms. The monoisotopic (exact) mass is 456 g/mol. The molecule has 11 heteroatoms. The number of amides is 1. The van der Waals surface area contributed by atoms with Crippen molar-refractivity contribution in [2.24, 2.45) is 0 Å². The molecule has 0 saturated carbocycles. The van der Waals surface area contributed by atoms with Gasteiger partial charge in [0.1, 0.15) is 5.82 Å². The van der Waals surface area contributed by atoms with Crippen LogP contribution in [-0.4, -0.2) is 43.4 Å². The molecule has 170 valence electrons. The molecule has 4 heterocycles.